The van der Waals surface area contributed by atoms with Gasteiger partial charge >= 0.3 is 0 Å². The quantitative estimate of drug-likeness (QED) is 0.423. The number of aliphatic imine (C=N–C) groups is 1. The molecule has 0 amide bonds. The molecular formula is C28H32N5OP. The Hall–Kier alpha value is -2.95. The Morgan fingerprint density at radius 1 is 0.943 bits per heavy atom. The maximum absolute atomic E-state index is 15.7. The van der Waals surface area contributed by atoms with Crippen molar-refractivity contribution in [3.8, 4) is 5.69 Å². The monoisotopic (exact) mass is 485 g/mol. The second-order valence-corrected chi connectivity index (χ2v) is 12.9. The minimum atomic E-state index is -3.18. The maximum atomic E-state index is 15.7. The standard InChI is InChI=1S/C28H32N5OP/c1-20-25-27(33(30-20)21-13-7-5-8-14-21)29-19-24(35(25,34)32-17-11-6-12-18-32)26-28(2,3)22-15-9-10-16-23(22)31(26)4/h5,7-10,13-16,19H,6,11-12,17-18H2,1-4H3/b26-24+/t35-/m0/s1. The van der Waals surface area contributed by atoms with Crippen LogP contribution in [-0.4, -0.2) is 40.8 Å². The zero-order valence-electron chi connectivity index (χ0n) is 20.9. The summed E-state index contributed by atoms with van der Waals surface area (Å²) in [6, 6.07) is 18.5. The summed E-state index contributed by atoms with van der Waals surface area (Å²) in [7, 11) is -1.09. The molecule has 4 heterocycles. The highest BCUT2D eigenvalue weighted by atomic mass is 31.2. The predicted molar refractivity (Wildman–Crippen MR) is 144 cm³/mol. The van der Waals surface area contributed by atoms with Gasteiger partial charge in [0.1, 0.15) is 0 Å². The van der Waals surface area contributed by atoms with Crippen LogP contribution in [0.2, 0.25) is 0 Å². The summed E-state index contributed by atoms with van der Waals surface area (Å²) in [5.41, 5.74) is 4.93. The summed E-state index contributed by atoms with van der Waals surface area (Å²) < 4.78 is 19.8. The van der Waals surface area contributed by atoms with Crippen LogP contribution in [0.1, 0.15) is 44.4 Å². The molecule has 3 aliphatic heterocycles. The number of benzene rings is 2. The molecule has 1 saturated heterocycles. The van der Waals surface area contributed by atoms with Gasteiger partial charge in [-0.15, -0.1) is 0 Å². The van der Waals surface area contributed by atoms with E-state index in [1.165, 1.54) is 17.7 Å². The molecule has 3 aliphatic rings. The Morgan fingerprint density at radius 2 is 1.63 bits per heavy atom. The first-order valence-electron chi connectivity index (χ1n) is 12.5. The van der Waals surface area contributed by atoms with E-state index in [0.717, 1.165) is 53.6 Å². The molecule has 0 spiro atoms. The van der Waals surface area contributed by atoms with Gasteiger partial charge in [-0.2, -0.15) is 5.10 Å². The number of rotatable bonds is 2. The van der Waals surface area contributed by atoms with Crippen LogP contribution < -0.4 is 10.2 Å². The molecule has 7 heteroatoms. The van der Waals surface area contributed by atoms with Gasteiger partial charge in [0, 0.05) is 43.2 Å². The van der Waals surface area contributed by atoms with E-state index in [0.29, 0.717) is 5.82 Å². The van der Waals surface area contributed by atoms with Gasteiger partial charge in [0.2, 0.25) is 7.29 Å². The third kappa shape index (κ3) is 3.16. The lowest BCUT2D eigenvalue weighted by Crippen LogP contribution is -2.36. The van der Waals surface area contributed by atoms with Crippen molar-refractivity contribution < 1.29 is 4.57 Å². The summed E-state index contributed by atoms with van der Waals surface area (Å²) in [4.78, 5) is 7.19. The van der Waals surface area contributed by atoms with E-state index < -0.39 is 7.29 Å². The van der Waals surface area contributed by atoms with Crippen LogP contribution >= 0.6 is 7.29 Å². The highest BCUT2D eigenvalue weighted by Gasteiger charge is 2.50. The van der Waals surface area contributed by atoms with Crippen LogP contribution in [0.3, 0.4) is 0 Å². The summed E-state index contributed by atoms with van der Waals surface area (Å²) in [6.45, 7) is 8.11. The van der Waals surface area contributed by atoms with Crippen molar-refractivity contribution in [2.45, 2.75) is 45.4 Å². The zero-order valence-corrected chi connectivity index (χ0v) is 21.8. The lowest BCUT2D eigenvalue weighted by Gasteiger charge is -2.39. The molecule has 0 bridgehead atoms. The molecule has 35 heavy (non-hydrogen) atoms. The van der Waals surface area contributed by atoms with Gasteiger partial charge < -0.3 is 4.90 Å². The summed E-state index contributed by atoms with van der Waals surface area (Å²) in [6.07, 6.45) is 5.19. The van der Waals surface area contributed by atoms with Crippen LogP contribution in [0.25, 0.3) is 5.69 Å². The molecule has 180 valence electrons. The first kappa shape index (κ1) is 22.5. The van der Waals surface area contributed by atoms with Gasteiger partial charge in [0.05, 0.1) is 22.0 Å². The van der Waals surface area contributed by atoms with E-state index in [4.69, 9.17) is 10.1 Å². The molecule has 1 aromatic heterocycles. The Kier molecular flexibility index (Phi) is 5.17. The van der Waals surface area contributed by atoms with E-state index in [1.54, 1.807) is 0 Å². The minimum absolute atomic E-state index is 0.293. The molecular weight excluding hydrogens is 453 g/mol. The topological polar surface area (TPSA) is 53.7 Å². The number of piperidine rings is 1. The Balaban J connectivity index is 1.64. The van der Waals surface area contributed by atoms with Crippen molar-refractivity contribution in [3.63, 3.8) is 0 Å². The van der Waals surface area contributed by atoms with Crippen LogP contribution in [0, 0.1) is 6.92 Å². The number of aromatic nitrogens is 2. The molecule has 3 aromatic rings. The number of fused-ring (bicyclic) bond motifs is 2. The molecule has 2 aromatic carbocycles. The number of aryl methyl sites for hydroxylation is 1. The molecule has 6 rings (SSSR count). The Bertz CT molecular complexity index is 1410. The minimum Gasteiger partial charge on any atom is -0.346 e. The van der Waals surface area contributed by atoms with E-state index in [-0.39, 0.29) is 5.41 Å². The van der Waals surface area contributed by atoms with Crippen LogP contribution in [0.5, 0.6) is 0 Å². The number of para-hydroxylation sites is 2. The number of allylic oxidation sites excluding steroid dienone is 2. The summed E-state index contributed by atoms with van der Waals surface area (Å²) >= 11 is 0. The van der Waals surface area contributed by atoms with Gasteiger partial charge in [0.15, 0.2) is 5.82 Å². The molecule has 1 fully saturated rings. The Labute approximate surface area is 207 Å². The van der Waals surface area contributed by atoms with E-state index in [9.17, 15) is 0 Å². The fourth-order valence-corrected chi connectivity index (χ4v) is 9.67. The van der Waals surface area contributed by atoms with Gasteiger partial charge in [0.25, 0.3) is 0 Å². The molecule has 6 nitrogen and oxygen atoms in total. The lowest BCUT2D eigenvalue weighted by atomic mass is 9.84. The van der Waals surface area contributed by atoms with Gasteiger partial charge in [-0.25, -0.2) is 14.3 Å². The SMILES string of the molecule is Cc1nn(-c2ccccc2)c2c1[P@](=O)(N1CCCCC1)/C(=C1/N(C)c3ccccc3C1(C)C)C=N2. The number of hydrogen-bond donors (Lipinski definition) is 0. The van der Waals surface area contributed by atoms with E-state index in [2.05, 4.69) is 54.7 Å². The van der Waals surface area contributed by atoms with Crippen LogP contribution in [0.15, 0.2) is 70.6 Å². The number of hydrogen-bond acceptors (Lipinski definition) is 4. The largest absolute Gasteiger partial charge is 0.346 e. The second kappa shape index (κ2) is 8.04. The van der Waals surface area contributed by atoms with Crippen molar-refractivity contribution in [2.75, 3.05) is 25.0 Å². The molecule has 0 unspecified atom stereocenters. The van der Waals surface area contributed by atoms with Crippen molar-refractivity contribution >= 4 is 30.3 Å². The number of likely N-dealkylation sites (N-methyl/N-ethyl adjacent to an activating group) is 1. The van der Waals surface area contributed by atoms with Gasteiger partial charge in [-0.3, -0.25) is 4.57 Å². The third-order valence-corrected chi connectivity index (χ3v) is 11.1. The number of anilines is 1. The number of nitrogens with zero attached hydrogens (tertiary/aromatic N) is 5. The molecule has 0 radical (unpaired) electrons. The molecule has 1 atom stereocenters. The van der Waals surface area contributed by atoms with Crippen LogP contribution in [0.4, 0.5) is 11.5 Å². The second-order valence-electron chi connectivity index (χ2n) is 10.3. The van der Waals surface area contributed by atoms with Crippen molar-refractivity contribution in [3.05, 3.63) is 76.9 Å². The highest BCUT2D eigenvalue weighted by molar-refractivity contribution is 7.75. The first-order valence-corrected chi connectivity index (χ1v) is 14.1. The van der Waals surface area contributed by atoms with Gasteiger partial charge in [-0.1, -0.05) is 56.7 Å². The predicted octanol–water partition coefficient (Wildman–Crippen LogP) is 5.93. The average molecular weight is 486 g/mol. The normalized spacial score (nSPS) is 25.5. The van der Waals surface area contributed by atoms with Crippen molar-refractivity contribution in [1.82, 2.24) is 14.5 Å². The molecule has 0 N–H and O–H groups in total. The molecule has 0 aliphatic carbocycles. The first-order chi connectivity index (χ1) is 16.8. The zero-order chi connectivity index (χ0) is 24.4. The van der Waals surface area contributed by atoms with Crippen molar-refractivity contribution in [2.24, 2.45) is 4.99 Å². The molecule has 0 saturated carbocycles. The summed E-state index contributed by atoms with van der Waals surface area (Å²) in [5, 5.41) is 6.53. The van der Waals surface area contributed by atoms with E-state index >= 15 is 4.57 Å². The lowest BCUT2D eigenvalue weighted by molar-refractivity contribution is 0.351. The average Bonchev–Trinajstić information content (AvgIpc) is 3.32. The third-order valence-electron chi connectivity index (χ3n) is 7.78. The summed E-state index contributed by atoms with van der Waals surface area (Å²) in [5.74, 6) is 0.697. The van der Waals surface area contributed by atoms with Gasteiger partial charge in [-0.05, 0) is 43.5 Å². The maximum Gasteiger partial charge on any atom is 0.216 e. The van der Waals surface area contributed by atoms with E-state index in [1.807, 2.05) is 48.2 Å². The fraction of sp³-hybridized carbons (Fsp3) is 0.357. The smallest absolute Gasteiger partial charge is 0.216 e. The van der Waals surface area contributed by atoms with Crippen molar-refractivity contribution in [1.29, 1.82) is 0 Å². The fourth-order valence-electron chi connectivity index (χ4n) is 6.16. The van der Waals surface area contributed by atoms with Crippen LogP contribution in [-0.2, 0) is 9.98 Å². The highest BCUT2D eigenvalue weighted by Crippen LogP contribution is 2.64. The Morgan fingerprint density at radius 3 is 2.34 bits per heavy atom.